The minimum Gasteiger partial charge on any atom is -0.456 e. The van der Waals surface area contributed by atoms with E-state index in [1.54, 1.807) is 6.07 Å². The van der Waals surface area contributed by atoms with Gasteiger partial charge >= 0.3 is 0 Å². The molecule has 3 N–H and O–H groups in total. The fourth-order valence-electron chi connectivity index (χ4n) is 2.02. The molecule has 0 aliphatic rings. The highest BCUT2D eigenvalue weighted by Gasteiger charge is 2.17. The lowest BCUT2D eigenvalue weighted by atomic mass is 10.0. The van der Waals surface area contributed by atoms with E-state index in [1.807, 2.05) is 13.8 Å². The van der Waals surface area contributed by atoms with Crippen molar-refractivity contribution in [1.29, 1.82) is 0 Å². The summed E-state index contributed by atoms with van der Waals surface area (Å²) in [5.41, 5.74) is 6.69. The van der Waals surface area contributed by atoms with Gasteiger partial charge in [-0.2, -0.15) is 0 Å². The summed E-state index contributed by atoms with van der Waals surface area (Å²) >= 11 is 0. The van der Waals surface area contributed by atoms with E-state index in [0.29, 0.717) is 18.2 Å². The summed E-state index contributed by atoms with van der Waals surface area (Å²) in [5.74, 6) is 1.58. The molecular formula is C14H24N2O2. The first kappa shape index (κ1) is 14.8. The number of hydrogen-bond donors (Lipinski definition) is 2. The predicted molar refractivity (Wildman–Crippen MR) is 72.6 cm³/mol. The molecule has 0 saturated heterocycles. The molecule has 4 nitrogen and oxygen atoms in total. The van der Waals surface area contributed by atoms with Crippen LogP contribution in [0.3, 0.4) is 0 Å². The van der Waals surface area contributed by atoms with E-state index < -0.39 is 0 Å². The first-order valence-electron chi connectivity index (χ1n) is 6.58. The van der Waals surface area contributed by atoms with Gasteiger partial charge in [-0.15, -0.1) is 0 Å². The van der Waals surface area contributed by atoms with E-state index in [2.05, 4.69) is 19.2 Å². The number of furan rings is 1. The lowest BCUT2D eigenvalue weighted by molar-refractivity contribution is 0.0904. The van der Waals surface area contributed by atoms with Crippen molar-refractivity contribution in [2.45, 2.75) is 46.6 Å². The standard InChI is InChI=1S/C14H24N2O2/c1-5-12-10(4)7-13(18-12)14(17)16-11(8-15)6-9(2)3/h7,9,11H,5-6,8,15H2,1-4H3,(H,16,17). The Hall–Kier alpha value is -1.29. The summed E-state index contributed by atoms with van der Waals surface area (Å²) in [6.45, 7) is 8.63. The van der Waals surface area contributed by atoms with Crippen LogP contribution >= 0.6 is 0 Å². The molecule has 0 fully saturated rings. The highest BCUT2D eigenvalue weighted by molar-refractivity contribution is 5.92. The average Bonchev–Trinajstić information content (AvgIpc) is 2.69. The fraction of sp³-hybridized carbons (Fsp3) is 0.643. The molecule has 0 aromatic carbocycles. The maximum atomic E-state index is 12.0. The third-order valence-electron chi connectivity index (χ3n) is 2.94. The second-order valence-electron chi connectivity index (χ2n) is 5.11. The van der Waals surface area contributed by atoms with Crippen molar-refractivity contribution in [1.82, 2.24) is 5.32 Å². The molecule has 102 valence electrons. The van der Waals surface area contributed by atoms with Crippen LogP contribution in [-0.4, -0.2) is 18.5 Å². The van der Waals surface area contributed by atoms with Crippen LogP contribution in [0.2, 0.25) is 0 Å². The maximum absolute atomic E-state index is 12.0. The van der Waals surface area contributed by atoms with Crippen LogP contribution in [0.5, 0.6) is 0 Å². The van der Waals surface area contributed by atoms with Crippen LogP contribution in [0.25, 0.3) is 0 Å². The average molecular weight is 252 g/mol. The summed E-state index contributed by atoms with van der Waals surface area (Å²) in [4.78, 5) is 12.0. The molecule has 1 aromatic rings. The molecule has 0 saturated carbocycles. The molecule has 1 aromatic heterocycles. The van der Waals surface area contributed by atoms with Crippen molar-refractivity contribution in [3.05, 3.63) is 23.2 Å². The van der Waals surface area contributed by atoms with Gasteiger partial charge < -0.3 is 15.5 Å². The van der Waals surface area contributed by atoms with E-state index in [1.165, 1.54) is 0 Å². The topological polar surface area (TPSA) is 68.3 Å². The first-order valence-corrected chi connectivity index (χ1v) is 6.58. The minimum absolute atomic E-state index is 0.00739. The number of nitrogens with two attached hydrogens (primary N) is 1. The zero-order chi connectivity index (χ0) is 13.7. The van der Waals surface area contributed by atoms with Gasteiger partial charge in [-0.05, 0) is 30.9 Å². The maximum Gasteiger partial charge on any atom is 0.287 e. The predicted octanol–water partition coefficient (Wildman–Crippen LogP) is 2.25. The lowest BCUT2D eigenvalue weighted by Crippen LogP contribution is -2.40. The molecule has 4 heteroatoms. The van der Waals surface area contributed by atoms with Gasteiger partial charge in [0.2, 0.25) is 0 Å². The Morgan fingerprint density at radius 1 is 1.50 bits per heavy atom. The second kappa shape index (κ2) is 6.59. The van der Waals surface area contributed by atoms with Crippen molar-refractivity contribution in [3.8, 4) is 0 Å². The molecule has 0 bridgehead atoms. The first-order chi connectivity index (χ1) is 8.47. The van der Waals surface area contributed by atoms with Gasteiger partial charge in [-0.3, -0.25) is 4.79 Å². The van der Waals surface area contributed by atoms with E-state index in [0.717, 1.165) is 24.2 Å². The molecule has 1 amide bonds. The monoisotopic (exact) mass is 252 g/mol. The Morgan fingerprint density at radius 3 is 2.61 bits per heavy atom. The van der Waals surface area contributed by atoms with Crippen LogP contribution in [-0.2, 0) is 6.42 Å². The van der Waals surface area contributed by atoms with Crippen LogP contribution in [0.15, 0.2) is 10.5 Å². The summed E-state index contributed by atoms with van der Waals surface area (Å²) in [6.07, 6.45) is 1.67. The van der Waals surface area contributed by atoms with Crippen molar-refractivity contribution in [2.24, 2.45) is 11.7 Å². The highest BCUT2D eigenvalue weighted by atomic mass is 16.4. The molecule has 1 unspecified atom stereocenters. The second-order valence-corrected chi connectivity index (χ2v) is 5.11. The van der Waals surface area contributed by atoms with Crippen LogP contribution in [0.1, 0.15) is 49.1 Å². The summed E-state index contributed by atoms with van der Waals surface area (Å²) in [7, 11) is 0. The lowest BCUT2D eigenvalue weighted by Gasteiger charge is -2.17. The quantitative estimate of drug-likeness (QED) is 0.816. The van der Waals surface area contributed by atoms with Gasteiger partial charge in [-0.25, -0.2) is 0 Å². The van der Waals surface area contributed by atoms with Gasteiger partial charge in [0.15, 0.2) is 5.76 Å². The number of hydrogen-bond acceptors (Lipinski definition) is 3. The summed E-state index contributed by atoms with van der Waals surface area (Å²) in [6, 6.07) is 1.80. The smallest absolute Gasteiger partial charge is 0.287 e. The van der Waals surface area contributed by atoms with Gasteiger partial charge in [0.05, 0.1) is 0 Å². The summed E-state index contributed by atoms with van der Waals surface area (Å²) in [5, 5.41) is 2.92. The van der Waals surface area contributed by atoms with Gasteiger partial charge in [-0.1, -0.05) is 20.8 Å². The third kappa shape index (κ3) is 3.88. The fourth-order valence-corrected chi connectivity index (χ4v) is 2.02. The van der Waals surface area contributed by atoms with E-state index in [-0.39, 0.29) is 11.9 Å². The number of rotatable bonds is 6. The zero-order valence-electron chi connectivity index (χ0n) is 11.7. The van der Waals surface area contributed by atoms with Gasteiger partial charge in [0.25, 0.3) is 5.91 Å². The Bertz CT molecular complexity index is 396. The van der Waals surface area contributed by atoms with E-state index in [9.17, 15) is 4.79 Å². The Morgan fingerprint density at radius 2 is 2.17 bits per heavy atom. The number of aryl methyl sites for hydroxylation is 2. The van der Waals surface area contributed by atoms with Crippen molar-refractivity contribution in [2.75, 3.05) is 6.54 Å². The normalized spacial score (nSPS) is 12.8. The van der Waals surface area contributed by atoms with Crippen LogP contribution in [0.4, 0.5) is 0 Å². The highest BCUT2D eigenvalue weighted by Crippen LogP contribution is 2.15. The number of carbonyl (C=O) groups is 1. The SMILES string of the molecule is CCc1oc(C(=O)NC(CN)CC(C)C)cc1C. The van der Waals surface area contributed by atoms with E-state index in [4.69, 9.17) is 10.2 Å². The molecule has 0 spiro atoms. The van der Waals surface area contributed by atoms with Gasteiger partial charge in [0, 0.05) is 19.0 Å². The Labute approximate surface area is 109 Å². The molecular weight excluding hydrogens is 228 g/mol. The van der Waals surface area contributed by atoms with Crippen molar-refractivity contribution >= 4 is 5.91 Å². The van der Waals surface area contributed by atoms with E-state index >= 15 is 0 Å². The Balaban J connectivity index is 2.68. The molecule has 1 rings (SSSR count). The number of amides is 1. The molecule has 1 heterocycles. The minimum atomic E-state index is -0.172. The van der Waals surface area contributed by atoms with Gasteiger partial charge in [0.1, 0.15) is 5.76 Å². The summed E-state index contributed by atoms with van der Waals surface area (Å²) < 4.78 is 5.52. The third-order valence-corrected chi connectivity index (χ3v) is 2.94. The largest absolute Gasteiger partial charge is 0.456 e. The van der Waals surface area contributed by atoms with Crippen molar-refractivity contribution in [3.63, 3.8) is 0 Å². The van der Waals surface area contributed by atoms with Crippen LogP contribution < -0.4 is 11.1 Å². The molecule has 18 heavy (non-hydrogen) atoms. The molecule has 1 atom stereocenters. The zero-order valence-corrected chi connectivity index (χ0v) is 11.7. The Kier molecular flexibility index (Phi) is 5.41. The van der Waals surface area contributed by atoms with Crippen molar-refractivity contribution < 1.29 is 9.21 Å². The molecule has 0 aliphatic carbocycles. The van der Waals surface area contributed by atoms with Crippen LogP contribution in [0, 0.1) is 12.8 Å². The number of carbonyl (C=O) groups excluding carboxylic acids is 1. The molecule has 0 radical (unpaired) electrons. The molecule has 0 aliphatic heterocycles. The number of nitrogens with one attached hydrogen (secondary N) is 1.